The molecular weight excluding hydrogens is 414 g/mol. The van der Waals surface area contributed by atoms with Crippen molar-refractivity contribution in [3.63, 3.8) is 0 Å². The number of carbonyl (C=O) groups excluding carboxylic acids is 1. The number of amides is 1. The molecule has 7 nitrogen and oxygen atoms in total. The fraction of sp³-hybridized carbons (Fsp3) is 0.478. The maximum Gasteiger partial charge on any atom is 0.241 e. The third-order valence-electron chi connectivity index (χ3n) is 5.89. The number of morpholine rings is 1. The van der Waals surface area contributed by atoms with Gasteiger partial charge in [0.2, 0.25) is 5.91 Å². The van der Waals surface area contributed by atoms with E-state index in [4.69, 9.17) is 16.3 Å². The van der Waals surface area contributed by atoms with Crippen molar-refractivity contribution in [2.45, 2.75) is 31.5 Å². The monoisotopic (exact) mass is 443 g/mol. The van der Waals surface area contributed by atoms with Crippen LogP contribution in [0.2, 0.25) is 5.02 Å². The average molecular weight is 444 g/mol. The van der Waals surface area contributed by atoms with E-state index in [1.807, 2.05) is 41.3 Å². The molecule has 1 aromatic carbocycles. The summed E-state index contributed by atoms with van der Waals surface area (Å²) < 4.78 is 5.43. The molecule has 31 heavy (non-hydrogen) atoms. The Bertz CT molecular complexity index is 847. The number of hydrazine groups is 1. The van der Waals surface area contributed by atoms with E-state index >= 15 is 0 Å². The minimum absolute atomic E-state index is 0.0591. The molecular formula is C23H30ClN5O2. The van der Waals surface area contributed by atoms with Crippen molar-refractivity contribution in [1.29, 1.82) is 0 Å². The number of pyridine rings is 1. The van der Waals surface area contributed by atoms with Crippen molar-refractivity contribution >= 4 is 17.5 Å². The number of hydrogen-bond acceptors (Lipinski definition) is 6. The van der Waals surface area contributed by atoms with Crippen LogP contribution >= 0.6 is 11.6 Å². The predicted molar refractivity (Wildman–Crippen MR) is 120 cm³/mol. The summed E-state index contributed by atoms with van der Waals surface area (Å²) in [6, 6.07) is 11.5. The highest BCUT2D eigenvalue weighted by Gasteiger charge is 2.33. The molecule has 2 unspecified atom stereocenters. The van der Waals surface area contributed by atoms with Crippen LogP contribution in [0.15, 0.2) is 48.8 Å². The fourth-order valence-electron chi connectivity index (χ4n) is 4.17. The fourth-order valence-corrected chi connectivity index (χ4v) is 4.36. The SMILES string of the molecule is O=C(C1CC(c2cccc(Cl)c2)NN1)N(CCCN1CCOCC1)Cc1ccncc1. The highest BCUT2D eigenvalue weighted by atomic mass is 35.5. The lowest BCUT2D eigenvalue weighted by molar-refractivity contribution is -0.134. The standard InChI is InChI=1S/C23H30ClN5O2/c24-20-4-1-3-19(15-20)21-16-22(27-26-21)23(30)29(17-18-5-7-25-8-6-18)10-2-9-28-11-13-31-14-12-28/h1,3-8,15,21-22,26-27H,2,9-14,16-17H2. The Hall–Kier alpha value is -2.03. The summed E-state index contributed by atoms with van der Waals surface area (Å²) in [4.78, 5) is 21.9. The largest absolute Gasteiger partial charge is 0.379 e. The lowest BCUT2D eigenvalue weighted by Gasteiger charge is -2.29. The number of ether oxygens (including phenoxy) is 1. The molecule has 2 saturated heterocycles. The van der Waals surface area contributed by atoms with Crippen LogP contribution in [0.5, 0.6) is 0 Å². The van der Waals surface area contributed by atoms with Gasteiger partial charge in [-0.1, -0.05) is 23.7 Å². The smallest absolute Gasteiger partial charge is 0.241 e. The molecule has 0 aliphatic carbocycles. The van der Waals surface area contributed by atoms with E-state index in [-0.39, 0.29) is 18.0 Å². The van der Waals surface area contributed by atoms with Gasteiger partial charge >= 0.3 is 0 Å². The van der Waals surface area contributed by atoms with E-state index in [9.17, 15) is 4.79 Å². The van der Waals surface area contributed by atoms with Gasteiger partial charge in [-0.05, 0) is 48.2 Å². The molecule has 0 spiro atoms. The number of halogens is 1. The highest BCUT2D eigenvalue weighted by molar-refractivity contribution is 6.30. The normalized spacial score (nSPS) is 21.8. The second-order valence-corrected chi connectivity index (χ2v) is 8.54. The zero-order valence-electron chi connectivity index (χ0n) is 17.7. The highest BCUT2D eigenvalue weighted by Crippen LogP contribution is 2.25. The van der Waals surface area contributed by atoms with Crippen molar-refractivity contribution < 1.29 is 9.53 Å². The van der Waals surface area contributed by atoms with Gasteiger partial charge in [0.25, 0.3) is 0 Å². The van der Waals surface area contributed by atoms with Gasteiger partial charge in [-0.25, -0.2) is 10.9 Å². The second kappa shape index (κ2) is 11.0. The first-order valence-corrected chi connectivity index (χ1v) is 11.3. The number of aromatic nitrogens is 1. The molecule has 0 radical (unpaired) electrons. The first-order valence-electron chi connectivity index (χ1n) is 10.9. The van der Waals surface area contributed by atoms with Crippen LogP contribution in [-0.4, -0.2) is 66.1 Å². The number of benzene rings is 1. The molecule has 8 heteroatoms. The molecule has 2 aliphatic heterocycles. The van der Waals surface area contributed by atoms with E-state index in [2.05, 4.69) is 20.7 Å². The van der Waals surface area contributed by atoms with Crippen molar-refractivity contribution in [3.05, 3.63) is 64.9 Å². The zero-order chi connectivity index (χ0) is 21.5. The summed E-state index contributed by atoms with van der Waals surface area (Å²) in [6.45, 7) is 5.81. The van der Waals surface area contributed by atoms with Gasteiger partial charge < -0.3 is 9.64 Å². The molecule has 1 amide bonds. The van der Waals surface area contributed by atoms with Crippen LogP contribution in [0.3, 0.4) is 0 Å². The number of nitrogens with zero attached hydrogens (tertiary/aromatic N) is 3. The summed E-state index contributed by atoms with van der Waals surface area (Å²) in [6.07, 6.45) is 5.18. The average Bonchev–Trinajstić information content (AvgIpc) is 3.30. The number of rotatable bonds is 8. The van der Waals surface area contributed by atoms with E-state index in [1.54, 1.807) is 12.4 Å². The molecule has 2 fully saturated rings. The molecule has 3 heterocycles. The minimum atomic E-state index is -0.269. The third kappa shape index (κ3) is 6.24. The van der Waals surface area contributed by atoms with Crippen LogP contribution in [-0.2, 0) is 16.1 Å². The Morgan fingerprint density at radius 3 is 2.77 bits per heavy atom. The third-order valence-corrected chi connectivity index (χ3v) is 6.13. The van der Waals surface area contributed by atoms with Crippen LogP contribution < -0.4 is 10.9 Å². The first kappa shape index (κ1) is 22.2. The summed E-state index contributed by atoms with van der Waals surface area (Å²) in [7, 11) is 0. The Labute approximate surface area is 188 Å². The predicted octanol–water partition coefficient (Wildman–Crippen LogP) is 2.39. The van der Waals surface area contributed by atoms with Crippen molar-refractivity contribution in [2.24, 2.45) is 0 Å². The van der Waals surface area contributed by atoms with Crippen LogP contribution in [0.25, 0.3) is 0 Å². The van der Waals surface area contributed by atoms with E-state index in [1.165, 1.54) is 0 Å². The Kier molecular flexibility index (Phi) is 7.88. The number of hydrogen-bond donors (Lipinski definition) is 2. The molecule has 166 valence electrons. The minimum Gasteiger partial charge on any atom is -0.379 e. The maximum absolute atomic E-state index is 13.4. The summed E-state index contributed by atoms with van der Waals surface area (Å²) in [5.74, 6) is 0.121. The van der Waals surface area contributed by atoms with Crippen molar-refractivity contribution in [1.82, 2.24) is 25.6 Å². The van der Waals surface area contributed by atoms with Gasteiger partial charge in [-0.15, -0.1) is 0 Å². The van der Waals surface area contributed by atoms with Gasteiger partial charge in [0, 0.05) is 56.2 Å². The molecule has 0 saturated carbocycles. The lowest BCUT2D eigenvalue weighted by atomic mass is 10.0. The van der Waals surface area contributed by atoms with Gasteiger partial charge in [0.1, 0.15) is 6.04 Å². The Morgan fingerprint density at radius 1 is 1.19 bits per heavy atom. The van der Waals surface area contributed by atoms with Gasteiger partial charge in [-0.3, -0.25) is 14.7 Å². The molecule has 0 bridgehead atoms. The summed E-state index contributed by atoms with van der Waals surface area (Å²) in [5, 5.41) is 0.705. The van der Waals surface area contributed by atoms with Crippen LogP contribution in [0, 0.1) is 0 Å². The molecule has 1 aromatic heterocycles. The van der Waals surface area contributed by atoms with Gasteiger partial charge in [-0.2, -0.15) is 0 Å². The Balaban J connectivity index is 1.38. The van der Waals surface area contributed by atoms with E-state index in [0.29, 0.717) is 18.0 Å². The zero-order valence-corrected chi connectivity index (χ0v) is 18.4. The molecule has 2 aromatic rings. The Morgan fingerprint density at radius 2 is 2.00 bits per heavy atom. The maximum atomic E-state index is 13.4. The summed E-state index contributed by atoms with van der Waals surface area (Å²) in [5.41, 5.74) is 8.65. The van der Waals surface area contributed by atoms with Gasteiger partial charge in [0.15, 0.2) is 0 Å². The topological polar surface area (TPSA) is 69.7 Å². The van der Waals surface area contributed by atoms with Gasteiger partial charge in [0.05, 0.1) is 13.2 Å². The molecule has 2 N–H and O–H groups in total. The van der Waals surface area contributed by atoms with Crippen molar-refractivity contribution in [2.75, 3.05) is 39.4 Å². The van der Waals surface area contributed by atoms with Crippen LogP contribution in [0.4, 0.5) is 0 Å². The summed E-state index contributed by atoms with van der Waals surface area (Å²) >= 11 is 6.14. The lowest BCUT2D eigenvalue weighted by Crippen LogP contribution is -2.46. The second-order valence-electron chi connectivity index (χ2n) is 8.11. The molecule has 2 atom stereocenters. The van der Waals surface area contributed by atoms with E-state index in [0.717, 1.165) is 56.9 Å². The molecule has 2 aliphatic rings. The van der Waals surface area contributed by atoms with E-state index < -0.39 is 0 Å². The number of nitrogens with one attached hydrogen (secondary N) is 2. The quantitative estimate of drug-likeness (QED) is 0.653. The first-order chi connectivity index (χ1) is 15.2. The number of carbonyl (C=O) groups is 1. The van der Waals surface area contributed by atoms with Crippen molar-refractivity contribution in [3.8, 4) is 0 Å². The molecule has 4 rings (SSSR count). The van der Waals surface area contributed by atoms with Crippen LogP contribution in [0.1, 0.15) is 30.0 Å².